The second-order valence-electron chi connectivity index (χ2n) is 5.59. The fourth-order valence-corrected chi connectivity index (χ4v) is 2.12. The van der Waals surface area contributed by atoms with Gasteiger partial charge in [0.2, 0.25) is 0 Å². The third-order valence-electron chi connectivity index (χ3n) is 3.75. The van der Waals surface area contributed by atoms with Gasteiger partial charge in [-0.15, -0.1) is 0 Å². The van der Waals surface area contributed by atoms with Crippen LogP contribution in [0.5, 0.6) is 0 Å². The first-order valence-corrected chi connectivity index (χ1v) is 7.88. The van der Waals surface area contributed by atoms with E-state index in [4.69, 9.17) is 0 Å². The highest BCUT2D eigenvalue weighted by Crippen LogP contribution is 2.18. The number of benzene rings is 2. The molecular weight excluding hydrogens is 322 g/mol. The molecule has 0 aliphatic heterocycles. The van der Waals surface area contributed by atoms with Crippen LogP contribution in [-0.4, -0.2) is 22.8 Å². The van der Waals surface area contributed by atoms with Crippen molar-refractivity contribution in [2.75, 3.05) is 5.32 Å². The molecule has 130 valence electrons. The number of rotatable bonds is 6. The normalized spacial score (nSPS) is 11.4. The molecule has 0 aliphatic rings. The van der Waals surface area contributed by atoms with Crippen molar-refractivity contribution in [2.45, 2.75) is 26.3 Å². The molecule has 2 rings (SSSR count). The van der Waals surface area contributed by atoms with Crippen LogP contribution in [0.25, 0.3) is 0 Å². The second-order valence-corrected chi connectivity index (χ2v) is 5.59. The Labute approximate surface area is 145 Å². The summed E-state index contributed by atoms with van der Waals surface area (Å²) in [5.74, 6) is -0.715. The molecule has 2 amide bonds. The summed E-state index contributed by atoms with van der Waals surface area (Å²) in [5, 5.41) is 16.2. The van der Waals surface area contributed by atoms with E-state index in [9.17, 15) is 19.7 Å². The molecule has 0 radical (unpaired) electrons. The summed E-state index contributed by atoms with van der Waals surface area (Å²) in [7, 11) is 0. The first kappa shape index (κ1) is 18.1. The van der Waals surface area contributed by atoms with Gasteiger partial charge in [-0.1, -0.05) is 19.1 Å². The van der Waals surface area contributed by atoms with E-state index >= 15 is 0 Å². The Balaban J connectivity index is 2.18. The van der Waals surface area contributed by atoms with E-state index < -0.39 is 10.8 Å². The van der Waals surface area contributed by atoms with Crippen molar-refractivity contribution < 1.29 is 14.5 Å². The predicted molar refractivity (Wildman–Crippen MR) is 94.7 cm³/mol. The average Bonchev–Trinajstić information content (AvgIpc) is 2.61. The van der Waals surface area contributed by atoms with Crippen LogP contribution < -0.4 is 10.6 Å². The Morgan fingerprint density at radius 3 is 2.32 bits per heavy atom. The zero-order valence-electron chi connectivity index (χ0n) is 14.0. The fraction of sp³-hybridized carbons (Fsp3) is 0.222. The summed E-state index contributed by atoms with van der Waals surface area (Å²) >= 11 is 0. The molecular formula is C18H19N3O4. The van der Waals surface area contributed by atoms with Crippen LogP contribution in [0, 0.1) is 10.1 Å². The fourth-order valence-electron chi connectivity index (χ4n) is 2.12. The highest BCUT2D eigenvalue weighted by atomic mass is 16.6. The van der Waals surface area contributed by atoms with E-state index in [0.29, 0.717) is 11.3 Å². The van der Waals surface area contributed by atoms with Crippen molar-refractivity contribution in [3.05, 3.63) is 69.8 Å². The summed E-state index contributed by atoms with van der Waals surface area (Å²) in [4.78, 5) is 34.8. The van der Waals surface area contributed by atoms with Gasteiger partial charge in [0.25, 0.3) is 17.5 Å². The molecule has 0 spiro atoms. The predicted octanol–water partition coefficient (Wildman–Crippen LogP) is 3.38. The number of non-ortho nitro benzene ring substituents is 1. The zero-order chi connectivity index (χ0) is 18.4. The molecule has 2 N–H and O–H groups in total. The Bertz CT molecular complexity index is 787. The number of carbonyl (C=O) groups is 2. The number of carbonyl (C=O) groups excluding carboxylic acids is 2. The topological polar surface area (TPSA) is 101 Å². The standard InChI is InChI=1S/C18H19N3O4/c1-3-12(2)19-18(23)15-6-4-5-7-16(15)20-17(22)13-8-10-14(11-9-13)21(24)25/h4-12H,3H2,1-2H3,(H,19,23)(H,20,22)/t12-/m1/s1. The van der Waals surface area contributed by atoms with Crippen LogP contribution in [-0.2, 0) is 0 Å². The lowest BCUT2D eigenvalue weighted by Crippen LogP contribution is -2.32. The van der Waals surface area contributed by atoms with Crippen molar-refractivity contribution in [1.29, 1.82) is 0 Å². The highest BCUT2D eigenvalue weighted by Gasteiger charge is 2.16. The number of hydrogen-bond donors (Lipinski definition) is 2. The second kappa shape index (κ2) is 8.05. The molecule has 25 heavy (non-hydrogen) atoms. The van der Waals surface area contributed by atoms with E-state index in [2.05, 4.69) is 10.6 Å². The van der Waals surface area contributed by atoms with Crippen LogP contribution in [0.1, 0.15) is 41.0 Å². The van der Waals surface area contributed by atoms with Crippen LogP contribution in [0.15, 0.2) is 48.5 Å². The number of nitrogens with one attached hydrogen (secondary N) is 2. The smallest absolute Gasteiger partial charge is 0.269 e. The monoisotopic (exact) mass is 341 g/mol. The Hall–Kier alpha value is -3.22. The molecule has 0 aromatic heterocycles. The SMILES string of the molecule is CC[C@@H](C)NC(=O)c1ccccc1NC(=O)c1ccc([N+](=O)[O-])cc1. The largest absolute Gasteiger partial charge is 0.350 e. The van der Waals surface area contributed by atoms with E-state index in [1.165, 1.54) is 24.3 Å². The van der Waals surface area contributed by atoms with Gasteiger partial charge in [0.05, 0.1) is 16.2 Å². The third-order valence-corrected chi connectivity index (χ3v) is 3.75. The Morgan fingerprint density at radius 1 is 1.08 bits per heavy atom. The quantitative estimate of drug-likeness (QED) is 0.621. The minimum Gasteiger partial charge on any atom is -0.350 e. The molecule has 7 heteroatoms. The first-order valence-electron chi connectivity index (χ1n) is 7.88. The lowest BCUT2D eigenvalue weighted by molar-refractivity contribution is -0.384. The molecule has 1 atom stereocenters. The zero-order valence-corrected chi connectivity index (χ0v) is 14.0. The van der Waals surface area contributed by atoms with Crippen LogP contribution in [0.2, 0.25) is 0 Å². The number of nitro groups is 1. The summed E-state index contributed by atoms with van der Waals surface area (Å²) in [6, 6.07) is 12.0. The Morgan fingerprint density at radius 2 is 1.72 bits per heavy atom. The molecule has 2 aromatic carbocycles. The number of hydrogen-bond acceptors (Lipinski definition) is 4. The van der Waals surface area contributed by atoms with E-state index in [1.54, 1.807) is 24.3 Å². The maximum absolute atomic E-state index is 12.3. The number of anilines is 1. The van der Waals surface area contributed by atoms with Crippen molar-refractivity contribution in [2.24, 2.45) is 0 Å². The number of para-hydroxylation sites is 1. The van der Waals surface area contributed by atoms with Crippen molar-refractivity contribution in [3.63, 3.8) is 0 Å². The lowest BCUT2D eigenvalue weighted by Gasteiger charge is -2.14. The lowest BCUT2D eigenvalue weighted by atomic mass is 10.1. The van der Waals surface area contributed by atoms with E-state index in [-0.39, 0.29) is 23.2 Å². The first-order chi connectivity index (χ1) is 11.9. The highest BCUT2D eigenvalue weighted by molar-refractivity contribution is 6.09. The molecule has 7 nitrogen and oxygen atoms in total. The minimum absolute atomic E-state index is 0.0194. The van der Waals surface area contributed by atoms with Gasteiger partial charge in [0.15, 0.2) is 0 Å². The van der Waals surface area contributed by atoms with Crippen LogP contribution >= 0.6 is 0 Å². The van der Waals surface area contributed by atoms with Gasteiger partial charge in [-0.25, -0.2) is 0 Å². The number of nitrogens with zero attached hydrogens (tertiary/aromatic N) is 1. The van der Waals surface area contributed by atoms with Crippen LogP contribution in [0.4, 0.5) is 11.4 Å². The van der Waals surface area contributed by atoms with E-state index in [1.807, 2.05) is 13.8 Å². The maximum Gasteiger partial charge on any atom is 0.269 e. The summed E-state index contributed by atoms with van der Waals surface area (Å²) in [6.07, 6.45) is 0.795. The third kappa shape index (κ3) is 4.63. The van der Waals surface area contributed by atoms with Gasteiger partial charge in [-0.05, 0) is 37.6 Å². The van der Waals surface area contributed by atoms with Crippen molar-refractivity contribution in [1.82, 2.24) is 5.32 Å². The van der Waals surface area contributed by atoms with Gasteiger partial charge in [0, 0.05) is 23.7 Å². The van der Waals surface area contributed by atoms with E-state index in [0.717, 1.165) is 6.42 Å². The van der Waals surface area contributed by atoms with Gasteiger partial charge < -0.3 is 10.6 Å². The summed E-state index contributed by atoms with van der Waals surface area (Å²) in [5.41, 5.74) is 0.914. The molecule has 0 heterocycles. The van der Waals surface area contributed by atoms with Gasteiger partial charge in [0.1, 0.15) is 0 Å². The molecule has 0 aliphatic carbocycles. The molecule has 0 fully saturated rings. The molecule has 0 saturated carbocycles. The maximum atomic E-state index is 12.3. The number of amides is 2. The van der Waals surface area contributed by atoms with Gasteiger partial charge in [-0.2, -0.15) is 0 Å². The van der Waals surface area contributed by atoms with Gasteiger partial charge in [-0.3, -0.25) is 19.7 Å². The molecule has 2 aromatic rings. The average molecular weight is 341 g/mol. The Kier molecular flexibility index (Phi) is 5.84. The van der Waals surface area contributed by atoms with Crippen molar-refractivity contribution >= 4 is 23.2 Å². The van der Waals surface area contributed by atoms with Crippen LogP contribution in [0.3, 0.4) is 0 Å². The summed E-state index contributed by atoms with van der Waals surface area (Å²) < 4.78 is 0. The molecule has 0 saturated heterocycles. The molecule has 0 unspecified atom stereocenters. The minimum atomic E-state index is -0.532. The van der Waals surface area contributed by atoms with Gasteiger partial charge >= 0.3 is 0 Å². The van der Waals surface area contributed by atoms with Crippen molar-refractivity contribution in [3.8, 4) is 0 Å². The molecule has 0 bridgehead atoms. The number of nitro benzene ring substituents is 1. The summed E-state index contributed by atoms with van der Waals surface area (Å²) in [6.45, 7) is 3.86.